The molecule has 2 atom stereocenters. The molecule has 1 aromatic heterocycles. The average Bonchev–Trinajstić information content (AvgIpc) is 2.75. The van der Waals surface area contributed by atoms with Crippen LogP contribution in [0.5, 0.6) is 0 Å². The number of nitrogens with one attached hydrogen (secondary N) is 1. The van der Waals surface area contributed by atoms with Gasteiger partial charge < -0.3 is 19.9 Å². The molecule has 0 radical (unpaired) electrons. The average molecular weight is 213 g/mol. The van der Waals surface area contributed by atoms with Crippen molar-refractivity contribution in [1.82, 2.24) is 5.32 Å². The minimum Gasteiger partial charge on any atom is -0.469 e. The van der Waals surface area contributed by atoms with E-state index in [1.54, 1.807) is 6.26 Å². The number of aliphatic hydroxyl groups is 2. The third-order valence-corrected chi connectivity index (χ3v) is 2.32. The standard InChI is InChI=1S/C11H19NO3/c1-9(12-7-10(14)8-13)4-5-11-3-2-6-15-11/h2-3,6,9-10,12-14H,4-5,7-8H2,1H3/t9?,10-/m0/s1. The molecule has 0 aromatic carbocycles. The first-order chi connectivity index (χ1) is 7.22. The van der Waals surface area contributed by atoms with E-state index in [-0.39, 0.29) is 6.61 Å². The molecule has 1 heterocycles. The minimum atomic E-state index is -0.670. The second-order valence-electron chi connectivity index (χ2n) is 3.76. The Labute approximate surface area is 89.9 Å². The Bertz CT molecular complexity index is 248. The van der Waals surface area contributed by atoms with Crippen LogP contribution >= 0.6 is 0 Å². The molecule has 86 valence electrons. The van der Waals surface area contributed by atoms with Crippen molar-refractivity contribution in [1.29, 1.82) is 0 Å². The number of furan rings is 1. The van der Waals surface area contributed by atoms with Crippen LogP contribution in [0.4, 0.5) is 0 Å². The summed E-state index contributed by atoms with van der Waals surface area (Å²) in [6.45, 7) is 2.28. The highest BCUT2D eigenvalue weighted by Crippen LogP contribution is 2.05. The Morgan fingerprint density at radius 1 is 1.53 bits per heavy atom. The van der Waals surface area contributed by atoms with E-state index in [1.165, 1.54) is 0 Å². The zero-order valence-electron chi connectivity index (χ0n) is 9.02. The van der Waals surface area contributed by atoms with Crippen molar-refractivity contribution in [3.05, 3.63) is 24.2 Å². The number of hydrogen-bond donors (Lipinski definition) is 3. The van der Waals surface area contributed by atoms with Gasteiger partial charge in [-0.3, -0.25) is 0 Å². The Balaban J connectivity index is 2.11. The van der Waals surface area contributed by atoms with Crippen molar-refractivity contribution in [2.24, 2.45) is 0 Å². The number of hydrogen-bond acceptors (Lipinski definition) is 4. The van der Waals surface area contributed by atoms with Crippen LogP contribution in [0.15, 0.2) is 22.8 Å². The van der Waals surface area contributed by atoms with E-state index in [0.717, 1.165) is 18.6 Å². The summed E-state index contributed by atoms with van der Waals surface area (Å²) in [4.78, 5) is 0. The molecule has 0 fully saturated rings. The SMILES string of the molecule is CC(CCc1ccco1)NC[C@H](O)CO. The lowest BCUT2D eigenvalue weighted by molar-refractivity contribution is 0.0921. The fourth-order valence-corrected chi connectivity index (χ4v) is 1.32. The zero-order valence-corrected chi connectivity index (χ0v) is 9.02. The molecule has 0 saturated carbocycles. The van der Waals surface area contributed by atoms with E-state index in [2.05, 4.69) is 5.32 Å². The van der Waals surface area contributed by atoms with Crippen molar-refractivity contribution in [2.45, 2.75) is 31.9 Å². The topological polar surface area (TPSA) is 65.6 Å². The van der Waals surface area contributed by atoms with Crippen LogP contribution in [0.3, 0.4) is 0 Å². The van der Waals surface area contributed by atoms with Gasteiger partial charge in [0.1, 0.15) is 5.76 Å². The maximum absolute atomic E-state index is 9.13. The summed E-state index contributed by atoms with van der Waals surface area (Å²) >= 11 is 0. The monoisotopic (exact) mass is 213 g/mol. The van der Waals surface area contributed by atoms with E-state index in [0.29, 0.717) is 12.6 Å². The van der Waals surface area contributed by atoms with Gasteiger partial charge >= 0.3 is 0 Å². The highest BCUT2D eigenvalue weighted by atomic mass is 16.3. The highest BCUT2D eigenvalue weighted by Gasteiger charge is 2.06. The van der Waals surface area contributed by atoms with Gasteiger partial charge in [0.05, 0.1) is 19.0 Å². The van der Waals surface area contributed by atoms with Crippen molar-refractivity contribution in [3.63, 3.8) is 0 Å². The van der Waals surface area contributed by atoms with E-state index in [1.807, 2.05) is 19.1 Å². The van der Waals surface area contributed by atoms with Crippen molar-refractivity contribution in [2.75, 3.05) is 13.2 Å². The molecule has 1 unspecified atom stereocenters. The van der Waals surface area contributed by atoms with E-state index < -0.39 is 6.10 Å². The second kappa shape index (κ2) is 6.61. The van der Waals surface area contributed by atoms with Gasteiger partial charge in [0.25, 0.3) is 0 Å². The summed E-state index contributed by atoms with van der Waals surface area (Å²) in [7, 11) is 0. The fourth-order valence-electron chi connectivity index (χ4n) is 1.32. The van der Waals surface area contributed by atoms with Crippen molar-refractivity contribution in [3.8, 4) is 0 Å². The molecule has 0 amide bonds. The highest BCUT2D eigenvalue weighted by molar-refractivity contribution is 4.98. The van der Waals surface area contributed by atoms with Crippen molar-refractivity contribution >= 4 is 0 Å². The van der Waals surface area contributed by atoms with Crippen LogP contribution in [-0.4, -0.2) is 35.5 Å². The van der Waals surface area contributed by atoms with Gasteiger partial charge in [-0.2, -0.15) is 0 Å². The van der Waals surface area contributed by atoms with Crippen LogP contribution in [0.25, 0.3) is 0 Å². The molecule has 0 spiro atoms. The Kier molecular flexibility index (Phi) is 5.39. The van der Waals surface area contributed by atoms with Crippen LogP contribution in [0.2, 0.25) is 0 Å². The normalized spacial score (nSPS) is 15.1. The third kappa shape index (κ3) is 4.97. The Morgan fingerprint density at radius 2 is 2.33 bits per heavy atom. The smallest absolute Gasteiger partial charge is 0.103 e. The number of rotatable bonds is 7. The van der Waals surface area contributed by atoms with Crippen LogP contribution < -0.4 is 5.32 Å². The van der Waals surface area contributed by atoms with Gasteiger partial charge in [-0.25, -0.2) is 0 Å². The molecular formula is C11H19NO3. The number of aryl methyl sites for hydroxylation is 1. The second-order valence-corrected chi connectivity index (χ2v) is 3.76. The summed E-state index contributed by atoms with van der Waals surface area (Å²) in [6.07, 6.45) is 2.83. The molecule has 0 aliphatic heterocycles. The molecule has 0 aliphatic carbocycles. The molecule has 0 saturated heterocycles. The third-order valence-electron chi connectivity index (χ3n) is 2.32. The summed E-state index contributed by atoms with van der Waals surface area (Å²) in [5.74, 6) is 0.978. The lowest BCUT2D eigenvalue weighted by Gasteiger charge is -2.15. The largest absolute Gasteiger partial charge is 0.469 e. The summed E-state index contributed by atoms with van der Waals surface area (Å²) in [5.41, 5.74) is 0. The van der Waals surface area contributed by atoms with Gasteiger partial charge in [0, 0.05) is 19.0 Å². The summed E-state index contributed by atoms with van der Waals surface area (Å²) in [5, 5.41) is 20.9. The van der Waals surface area contributed by atoms with Crippen molar-refractivity contribution < 1.29 is 14.6 Å². The molecular weight excluding hydrogens is 194 g/mol. The lowest BCUT2D eigenvalue weighted by atomic mass is 10.1. The zero-order chi connectivity index (χ0) is 11.1. The Hall–Kier alpha value is -0.840. The van der Waals surface area contributed by atoms with Crippen LogP contribution in [0.1, 0.15) is 19.1 Å². The molecule has 1 rings (SSSR count). The number of aliphatic hydroxyl groups excluding tert-OH is 2. The lowest BCUT2D eigenvalue weighted by Crippen LogP contribution is -2.35. The molecule has 0 aliphatic rings. The summed E-state index contributed by atoms with van der Waals surface area (Å²) < 4.78 is 5.21. The molecule has 1 aromatic rings. The first-order valence-corrected chi connectivity index (χ1v) is 5.27. The minimum absolute atomic E-state index is 0.197. The molecule has 15 heavy (non-hydrogen) atoms. The quantitative estimate of drug-likeness (QED) is 0.618. The predicted octanol–water partition coefficient (Wildman–Crippen LogP) is 0.543. The van der Waals surface area contributed by atoms with Crippen LogP contribution in [0, 0.1) is 0 Å². The molecule has 4 heteroatoms. The van der Waals surface area contributed by atoms with Gasteiger partial charge in [-0.15, -0.1) is 0 Å². The molecule has 0 bridgehead atoms. The maximum atomic E-state index is 9.13. The van der Waals surface area contributed by atoms with Gasteiger partial charge in [0.2, 0.25) is 0 Å². The van der Waals surface area contributed by atoms with E-state index in [4.69, 9.17) is 14.6 Å². The fraction of sp³-hybridized carbons (Fsp3) is 0.636. The Morgan fingerprint density at radius 3 is 2.93 bits per heavy atom. The van der Waals surface area contributed by atoms with Gasteiger partial charge in [-0.05, 0) is 25.5 Å². The van der Waals surface area contributed by atoms with Gasteiger partial charge in [0.15, 0.2) is 0 Å². The molecule has 3 N–H and O–H groups in total. The van der Waals surface area contributed by atoms with E-state index in [9.17, 15) is 0 Å². The maximum Gasteiger partial charge on any atom is 0.103 e. The first kappa shape index (κ1) is 12.2. The molecule has 4 nitrogen and oxygen atoms in total. The van der Waals surface area contributed by atoms with Crippen LogP contribution in [-0.2, 0) is 6.42 Å². The van der Waals surface area contributed by atoms with E-state index >= 15 is 0 Å². The van der Waals surface area contributed by atoms with Gasteiger partial charge in [-0.1, -0.05) is 0 Å². The first-order valence-electron chi connectivity index (χ1n) is 5.27. The summed E-state index contributed by atoms with van der Waals surface area (Å²) in [6, 6.07) is 4.13. The predicted molar refractivity (Wildman–Crippen MR) is 57.6 cm³/mol.